The third-order valence-electron chi connectivity index (χ3n) is 2.32. The number of cyclic esters (lactones) is 1. The number of hydrogen-bond acceptors (Lipinski definition) is 3. The van der Waals surface area contributed by atoms with Gasteiger partial charge in [-0.15, -0.1) is 0 Å². The lowest BCUT2D eigenvalue weighted by Crippen LogP contribution is -2.34. The molecule has 0 aromatic heterocycles. The van der Waals surface area contributed by atoms with Crippen LogP contribution in [-0.4, -0.2) is 18.4 Å². The van der Waals surface area contributed by atoms with Gasteiger partial charge < -0.3 is 4.74 Å². The van der Waals surface area contributed by atoms with Crippen LogP contribution in [0.25, 0.3) is 0 Å². The van der Waals surface area contributed by atoms with Crippen LogP contribution < -0.4 is 0 Å². The molecule has 1 rings (SSSR count). The smallest absolute Gasteiger partial charge is 0.309 e. The topological polar surface area (TPSA) is 43.4 Å². The van der Waals surface area contributed by atoms with Crippen LogP contribution in [-0.2, 0) is 14.3 Å². The first-order valence-electron chi connectivity index (χ1n) is 4.47. The fraction of sp³-hybridized carbons (Fsp3) is 0.600. The van der Waals surface area contributed by atoms with E-state index in [2.05, 4.69) is 0 Å². The van der Waals surface area contributed by atoms with E-state index in [0.717, 1.165) is 6.42 Å². The molecule has 0 aromatic carbocycles. The van der Waals surface area contributed by atoms with Gasteiger partial charge in [-0.1, -0.05) is 13.8 Å². The highest BCUT2D eigenvalue weighted by Gasteiger charge is 2.30. The lowest BCUT2D eigenvalue weighted by atomic mass is 9.89. The molecule has 1 fully saturated rings. The van der Waals surface area contributed by atoms with Gasteiger partial charge in [0.05, 0.1) is 5.92 Å². The van der Waals surface area contributed by atoms with E-state index in [9.17, 15) is 9.59 Å². The van der Waals surface area contributed by atoms with Crippen molar-refractivity contribution in [2.75, 3.05) is 0 Å². The average molecular weight is 182 g/mol. The summed E-state index contributed by atoms with van der Waals surface area (Å²) in [6.07, 6.45) is 4.31. The molecule has 0 N–H and O–H groups in total. The first-order chi connectivity index (χ1) is 6.15. The fourth-order valence-corrected chi connectivity index (χ4v) is 1.54. The average Bonchev–Trinajstić information content (AvgIpc) is 2.09. The molecule has 0 amide bonds. The summed E-state index contributed by atoms with van der Waals surface area (Å²) < 4.78 is 5.13. The van der Waals surface area contributed by atoms with Crippen LogP contribution in [0.1, 0.15) is 20.3 Å². The minimum absolute atomic E-state index is 0.0177. The Kier molecular flexibility index (Phi) is 3.23. The Balaban J connectivity index is 2.61. The zero-order valence-electron chi connectivity index (χ0n) is 7.90. The summed E-state index contributed by atoms with van der Waals surface area (Å²) in [5, 5.41) is 0. The molecule has 1 aliphatic rings. The molecule has 0 unspecified atom stereocenters. The molecule has 3 heteroatoms. The second-order valence-electron chi connectivity index (χ2n) is 3.54. The van der Waals surface area contributed by atoms with Crippen LogP contribution in [0, 0.1) is 11.8 Å². The minimum atomic E-state index is -0.228. The summed E-state index contributed by atoms with van der Waals surface area (Å²) >= 11 is 0. The lowest BCUT2D eigenvalue weighted by molar-refractivity contribution is -0.160. The van der Waals surface area contributed by atoms with Crippen molar-refractivity contribution in [3.05, 3.63) is 12.2 Å². The molecule has 72 valence electrons. The molecule has 1 heterocycles. The minimum Gasteiger partial charge on any atom is -0.458 e. The van der Waals surface area contributed by atoms with Crippen molar-refractivity contribution < 1.29 is 14.3 Å². The van der Waals surface area contributed by atoms with Crippen LogP contribution in [0.5, 0.6) is 0 Å². The molecule has 0 spiro atoms. The summed E-state index contributed by atoms with van der Waals surface area (Å²) in [6, 6.07) is 0. The molecule has 0 bridgehead atoms. The Bertz CT molecular complexity index is 232. The van der Waals surface area contributed by atoms with Crippen molar-refractivity contribution in [3.8, 4) is 0 Å². The largest absolute Gasteiger partial charge is 0.458 e. The van der Waals surface area contributed by atoms with Crippen molar-refractivity contribution in [2.24, 2.45) is 11.8 Å². The monoisotopic (exact) mass is 182 g/mol. The highest BCUT2D eigenvalue weighted by atomic mass is 16.5. The van der Waals surface area contributed by atoms with Gasteiger partial charge in [0, 0.05) is 0 Å². The highest BCUT2D eigenvalue weighted by molar-refractivity contribution is 5.73. The van der Waals surface area contributed by atoms with E-state index in [1.807, 2.05) is 13.8 Å². The first kappa shape index (κ1) is 9.96. The number of allylic oxidation sites excluding steroid dienone is 1. The normalized spacial score (nSPS) is 34.6. The summed E-state index contributed by atoms with van der Waals surface area (Å²) in [6.45, 7) is 3.88. The molecule has 1 aliphatic heterocycles. The van der Waals surface area contributed by atoms with Gasteiger partial charge in [-0.3, -0.25) is 9.59 Å². The molecule has 13 heavy (non-hydrogen) atoms. The molecular formula is C10H14O3. The number of carbonyl (C=O) groups excluding carboxylic acids is 2. The lowest BCUT2D eigenvalue weighted by Gasteiger charge is -2.29. The molecular weight excluding hydrogens is 168 g/mol. The van der Waals surface area contributed by atoms with E-state index in [-0.39, 0.29) is 18.0 Å². The molecule has 0 radical (unpaired) electrons. The first-order valence-corrected chi connectivity index (χ1v) is 4.47. The predicted octanol–water partition coefficient (Wildman–Crippen LogP) is 1.33. The standard InChI is InChI=1S/C10H14O3/c1-7-6-8(2)10(12)13-9(7)4-3-5-11/h3-5,7-9H,6H2,1-2H3/b4-3-/t7-,8-,9+/m1/s1. The SMILES string of the molecule is C[C@@H]1C[C@@H](C)[C@H](/C=C\C=O)OC1=O. The Labute approximate surface area is 77.8 Å². The van der Waals surface area contributed by atoms with Crippen LogP contribution in [0.4, 0.5) is 0 Å². The van der Waals surface area contributed by atoms with E-state index in [0.29, 0.717) is 12.2 Å². The maximum absolute atomic E-state index is 11.2. The van der Waals surface area contributed by atoms with E-state index >= 15 is 0 Å². The van der Waals surface area contributed by atoms with Crippen LogP contribution in [0.2, 0.25) is 0 Å². The Morgan fingerprint density at radius 3 is 2.77 bits per heavy atom. The molecule has 1 saturated heterocycles. The van der Waals surface area contributed by atoms with E-state index in [1.165, 1.54) is 6.08 Å². The number of esters is 1. The second kappa shape index (κ2) is 4.21. The summed E-state index contributed by atoms with van der Waals surface area (Å²) in [5.74, 6) is 0.110. The number of ether oxygens (including phenoxy) is 1. The van der Waals surface area contributed by atoms with Gasteiger partial charge in [0.1, 0.15) is 12.4 Å². The summed E-state index contributed by atoms with van der Waals surface area (Å²) in [7, 11) is 0. The second-order valence-corrected chi connectivity index (χ2v) is 3.54. The Morgan fingerprint density at radius 2 is 2.15 bits per heavy atom. The van der Waals surface area contributed by atoms with Crippen LogP contribution in [0.15, 0.2) is 12.2 Å². The van der Waals surface area contributed by atoms with Crippen molar-refractivity contribution in [2.45, 2.75) is 26.4 Å². The highest BCUT2D eigenvalue weighted by Crippen LogP contribution is 2.25. The van der Waals surface area contributed by atoms with Gasteiger partial charge in [0.2, 0.25) is 0 Å². The third kappa shape index (κ3) is 2.41. The van der Waals surface area contributed by atoms with Crippen molar-refractivity contribution in [3.63, 3.8) is 0 Å². The Morgan fingerprint density at radius 1 is 1.46 bits per heavy atom. The van der Waals surface area contributed by atoms with Crippen molar-refractivity contribution in [1.29, 1.82) is 0 Å². The van der Waals surface area contributed by atoms with Crippen LogP contribution in [0.3, 0.4) is 0 Å². The number of carbonyl (C=O) groups is 2. The van der Waals surface area contributed by atoms with Gasteiger partial charge in [0.25, 0.3) is 0 Å². The fourth-order valence-electron chi connectivity index (χ4n) is 1.54. The van der Waals surface area contributed by atoms with Crippen molar-refractivity contribution >= 4 is 12.3 Å². The predicted molar refractivity (Wildman–Crippen MR) is 48.0 cm³/mol. The van der Waals surface area contributed by atoms with Crippen molar-refractivity contribution in [1.82, 2.24) is 0 Å². The molecule has 3 nitrogen and oxygen atoms in total. The number of hydrogen-bond donors (Lipinski definition) is 0. The van der Waals surface area contributed by atoms with Crippen LogP contribution >= 0.6 is 0 Å². The molecule has 0 aromatic rings. The molecule has 0 aliphatic carbocycles. The zero-order chi connectivity index (χ0) is 9.84. The van der Waals surface area contributed by atoms with Gasteiger partial charge in [-0.05, 0) is 24.5 Å². The molecule has 3 atom stereocenters. The maximum Gasteiger partial charge on any atom is 0.309 e. The maximum atomic E-state index is 11.2. The van der Waals surface area contributed by atoms with E-state index < -0.39 is 0 Å². The van der Waals surface area contributed by atoms with E-state index in [4.69, 9.17) is 4.74 Å². The quantitative estimate of drug-likeness (QED) is 0.367. The van der Waals surface area contributed by atoms with E-state index in [1.54, 1.807) is 6.08 Å². The summed E-state index contributed by atoms with van der Waals surface area (Å²) in [4.78, 5) is 21.2. The van der Waals surface area contributed by atoms with Gasteiger partial charge in [-0.2, -0.15) is 0 Å². The zero-order valence-corrected chi connectivity index (χ0v) is 7.90. The number of aldehydes is 1. The number of rotatable bonds is 2. The summed E-state index contributed by atoms with van der Waals surface area (Å²) in [5.41, 5.74) is 0. The molecule has 0 saturated carbocycles. The third-order valence-corrected chi connectivity index (χ3v) is 2.32. The van der Waals surface area contributed by atoms with Gasteiger partial charge in [0.15, 0.2) is 0 Å². The van der Waals surface area contributed by atoms with Gasteiger partial charge in [-0.25, -0.2) is 0 Å². The van der Waals surface area contributed by atoms with Gasteiger partial charge >= 0.3 is 5.97 Å². The Hall–Kier alpha value is -1.12.